The molecule has 4 nitrogen and oxygen atoms in total. The molecule has 2 N–H and O–H groups in total. The molecule has 0 atom stereocenters. The largest absolute Gasteiger partial charge is 0.481 e. The molecule has 0 aliphatic heterocycles. The topological polar surface area (TPSA) is 65.2 Å². The van der Waals surface area contributed by atoms with Gasteiger partial charge in [0.1, 0.15) is 5.69 Å². The molecule has 12 heavy (non-hydrogen) atoms. The number of ether oxygens (including phenoxy) is 1. The Bertz CT molecular complexity index is 314. The normalized spacial score (nSPS) is 9.50. The molecule has 1 heterocycles. The van der Waals surface area contributed by atoms with Crippen molar-refractivity contribution in [3.63, 3.8) is 0 Å². The Morgan fingerprint density at radius 3 is 2.83 bits per heavy atom. The van der Waals surface area contributed by atoms with Crippen molar-refractivity contribution in [2.24, 2.45) is 5.73 Å². The van der Waals surface area contributed by atoms with Crippen LogP contribution in [0.4, 0.5) is 0 Å². The number of primary amides is 1. The standard InChI is InChI=1S/C7H7BrN2O2/c1-12-5-3-2-4(8)6(10-5)7(9)11/h2-3H,1H3,(H2,9,11). The molecule has 0 unspecified atom stereocenters. The molecule has 0 aromatic carbocycles. The molecule has 0 radical (unpaired) electrons. The number of carbonyl (C=O) groups excluding carboxylic acids is 1. The van der Waals surface area contributed by atoms with Crippen molar-refractivity contribution in [1.29, 1.82) is 0 Å². The summed E-state index contributed by atoms with van der Waals surface area (Å²) in [6.45, 7) is 0. The zero-order valence-electron chi connectivity index (χ0n) is 6.37. The highest BCUT2D eigenvalue weighted by atomic mass is 79.9. The fourth-order valence-corrected chi connectivity index (χ4v) is 1.13. The Hall–Kier alpha value is -1.10. The van der Waals surface area contributed by atoms with Gasteiger partial charge in [0.05, 0.1) is 7.11 Å². The van der Waals surface area contributed by atoms with Gasteiger partial charge < -0.3 is 10.5 Å². The number of halogens is 1. The van der Waals surface area contributed by atoms with E-state index in [9.17, 15) is 4.79 Å². The first-order chi connectivity index (χ1) is 5.65. The van der Waals surface area contributed by atoms with E-state index in [1.165, 1.54) is 7.11 Å². The number of hydrogen-bond acceptors (Lipinski definition) is 3. The molecule has 0 saturated heterocycles. The molecule has 1 rings (SSSR count). The third-order valence-electron chi connectivity index (χ3n) is 1.26. The molecule has 1 aromatic heterocycles. The second-order valence-electron chi connectivity index (χ2n) is 2.05. The lowest BCUT2D eigenvalue weighted by atomic mass is 10.3. The van der Waals surface area contributed by atoms with Crippen LogP contribution in [-0.2, 0) is 0 Å². The summed E-state index contributed by atoms with van der Waals surface area (Å²) in [5.41, 5.74) is 5.23. The fourth-order valence-electron chi connectivity index (χ4n) is 0.711. The van der Waals surface area contributed by atoms with Crippen molar-refractivity contribution in [3.8, 4) is 5.88 Å². The summed E-state index contributed by atoms with van der Waals surface area (Å²) in [4.78, 5) is 14.6. The summed E-state index contributed by atoms with van der Waals surface area (Å²) in [7, 11) is 1.47. The maximum absolute atomic E-state index is 10.8. The SMILES string of the molecule is COc1ccc(Br)c(C(N)=O)n1. The molecular formula is C7H7BrN2O2. The molecule has 0 aliphatic carbocycles. The van der Waals surface area contributed by atoms with Gasteiger partial charge in [-0.15, -0.1) is 0 Å². The lowest BCUT2D eigenvalue weighted by molar-refractivity contribution is 0.0994. The quantitative estimate of drug-likeness (QED) is 0.823. The summed E-state index contributed by atoms with van der Waals surface area (Å²) in [5.74, 6) is -0.215. The maximum Gasteiger partial charge on any atom is 0.268 e. The molecule has 0 spiro atoms. The van der Waals surface area contributed by atoms with E-state index in [1.54, 1.807) is 12.1 Å². The number of aromatic nitrogens is 1. The number of nitrogens with zero attached hydrogens (tertiary/aromatic N) is 1. The van der Waals surface area contributed by atoms with Crippen molar-refractivity contribution in [1.82, 2.24) is 4.98 Å². The summed E-state index contributed by atoms with van der Waals surface area (Å²) >= 11 is 3.14. The highest BCUT2D eigenvalue weighted by molar-refractivity contribution is 9.10. The summed E-state index contributed by atoms with van der Waals surface area (Å²) in [5, 5.41) is 0. The molecule has 1 amide bonds. The number of hydrogen-bond donors (Lipinski definition) is 1. The Morgan fingerprint density at radius 2 is 2.33 bits per heavy atom. The van der Waals surface area contributed by atoms with Crippen LogP contribution in [0.1, 0.15) is 10.5 Å². The van der Waals surface area contributed by atoms with Crippen LogP contribution >= 0.6 is 15.9 Å². The Balaban J connectivity index is 3.17. The van der Waals surface area contributed by atoms with Gasteiger partial charge in [0.2, 0.25) is 5.88 Å². The molecule has 5 heteroatoms. The minimum atomic E-state index is -0.583. The highest BCUT2D eigenvalue weighted by Gasteiger charge is 2.08. The van der Waals surface area contributed by atoms with E-state index in [2.05, 4.69) is 20.9 Å². The number of nitrogens with two attached hydrogens (primary N) is 1. The number of rotatable bonds is 2. The number of pyridine rings is 1. The first-order valence-electron chi connectivity index (χ1n) is 3.15. The average Bonchev–Trinajstić information content (AvgIpc) is 2.05. The zero-order chi connectivity index (χ0) is 9.14. The van der Waals surface area contributed by atoms with Gasteiger partial charge in [-0.1, -0.05) is 0 Å². The first-order valence-corrected chi connectivity index (χ1v) is 3.95. The van der Waals surface area contributed by atoms with Gasteiger partial charge in [0, 0.05) is 10.5 Å². The lowest BCUT2D eigenvalue weighted by Gasteiger charge is -2.01. The van der Waals surface area contributed by atoms with E-state index >= 15 is 0 Å². The zero-order valence-corrected chi connectivity index (χ0v) is 7.96. The van der Waals surface area contributed by atoms with E-state index in [0.717, 1.165) is 0 Å². The van der Waals surface area contributed by atoms with Gasteiger partial charge in [0.15, 0.2) is 0 Å². The van der Waals surface area contributed by atoms with E-state index in [0.29, 0.717) is 10.4 Å². The van der Waals surface area contributed by atoms with Crippen LogP contribution in [0.3, 0.4) is 0 Å². The van der Waals surface area contributed by atoms with Crippen molar-refractivity contribution in [2.45, 2.75) is 0 Å². The van der Waals surface area contributed by atoms with Gasteiger partial charge in [-0.2, -0.15) is 0 Å². The van der Waals surface area contributed by atoms with Crippen molar-refractivity contribution < 1.29 is 9.53 Å². The highest BCUT2D eigenvalue weighted by Crippen LogP contribution is 2.17. The van der Waals surface area contributed by atoms with Crippen molar-refractivity contribution in [3.05, 3.63) is 22.3 Å². The Labute approximate surface area is 77.9 Å². The van der Waals surface area contributed by atoms with E-state index in [4.69, 9.17) is 10.5 Å². The first kappa shape index (κ1) is 8.99. The fraction of sp³-hybridized carbons (Fsp3) is 0.143. The lowest BCUT2D eigenvalue weighted by Crippen LogP contribution is -2.14. The molecule has 0 fully saturated rings. The smallest absolute Gasteiger partial charge is 0.268 e. The monoisotopic (exact) mass is 230 g/mol. The summed E-state index contributed by atoms with van der Waals surface area (Å²) in [6, 6.07) is 3.29. The second kappa shape index (κ2) is 3.53. The third-order valence-corrected chi connectivity index (χ3v) is 1.90. The van der Waals surface area contributed by atoms with Crippen LogP contribution in [0.2, 0.25) is 0 Å². The minimum Gasteiger partial charge on any atom is -0.481 e. The molecule has 64 valence electrons. The van der Waals surface area contributed by atoms with Gasteiger partial charge in [-0.25, -0.2) is 4.98 Å². The summed E-state index contributed by atoms with van der Waals surface area (Å²) < 4.78 is 5.39. The molecule has 0 saturated carbocycles. The van der Waals surface area contributed by atoms with E-state index in [1.807, 2.05) is 0 Å². The molecule has 0 aliphatic rings. The van der Waals surface area contributed by atoms with E-state index < -0.39 is 5.91 Å². The molecule has 1 aromatic rings. The van der Waals surface area contributed by atoms with Crippen LogP contribution in [0, 0.1) is 0 Å². The van der Waals surface area contributed by atoms with Crippen LogP contribution in [-0.4, -0.2) is 18.0 Å². The van der Waals surface area contributed by atoms with Gasteiger partial charge in [-0.05, 0) is 22.0 Å². The Kier molecular flexibility index (Phi) is 2.65. The van der Waals surface area contributed by atoms with Gasteiger partial charge >= 0.3 is 0 Å². The van der Waals surface area contributed by atoms with Crippen molar-refractivity contribution in [2.75, 3.05) is 7.11 Å². The third kappa shape index (κ3) is 1.73. The predicted octanol–water partition coefficient (Wildman–Crippen LogP) is 0.952. The van der Waals surface area contributed by atoms with Crippen LogP contribution in [0.5, 0.6) is 5.88 Å². The minimum absolute atomic E-state index is 0.175. The number of methoxy groups -OCH3 is 1. The number of amides is 1. The van der Waals surface area contributed by atoms with Crippen molar-refractivity contribution >= 4 is 21.8 Å². The van der Waals surface area contributed by atoms with Gasteiger partial charge in [-0.3, -0.25) is 4.79 Å². The average molecular weight is 231 g/mol. The number of carbonyl (C=O) groups is 1. The van der Waals surface area contributed by atoms with Gasteiger partial charge in [0.25, 0.3) is 5.91 Å². The van der Waals surface area contributed by atoms with E-state index in [-0.39, 0.29) is 5.69 Å². The maximum atomic E-state index is 10.8. The molecular weight excluding hydrogens is 224 g/mol. The van der Waals surface area contributed by atoms with Crippen LogP contribution in [0.25, 0.3) is 0 Å². The van der Waals surface area contributed by atoms with Crippen LogP contribution in [0.15, 0.2) is 16.6 Å². The predicted molar refractivity (Wildman–Crippen MR) is 47.0 cm³/mol. The Morgan fingerprint density at radius 1 is 1.67 bits per heavy atom. The second-order valence-corrected chi connectivity index (χ2v) is 2.90. The summed E-state index contributed by atoms with van der Waals surface area (Å²) in [6.07, 6.45) is 0. The molecule has 0 bridgehead atoms. The van der Waals surface area contributed by atoms with Crippen LogP contribution < -0.4 is 10.5 Å².